The molecule has 1 atom stereocenters. The molecule has 0 aliphatic carbocycles. The lowest BCUT2D eigenvalue weighted by molar-refractivity contribution is -0.125. The molecular formula is C16H22FN3O2. The van der Waals surface area contributed by atoms with Gasteiger partial charge in [0.1, 0.15) is 5.82 Å². The molecule has 0 radical (unpaired) electrons. The molecule has 0 aromatic heterocycles. The van der Waals surface area contributed by atoms with Gasteiger partial charge in [0.15, 0.2) is 0 Å². The van der Waals surface area contributed by atoms with Crippen LogP contribution in [0, 0.1) is 5.82 Å². The van der Waals surface area contributed by atoms with Crippen LogP contribution in [-0.4, -0.2) is 42.4 Å². The Hall–Kier alpha value is -1.95. The molecule has 1 unspecified atom stereocenters. The Morgan fingerprint density at radius 3 is 2.64 bits per heavy atom. The lowest BCUT2D eigenvalue weighted by atomic mass is 10.0. The lowest BCUT2D eigenvalue weighted by Gasteiger charge is -2.32. The first-order chi connectivity index (χ1) is 10.5. The smallest absolute Gasteiger partial charge is 0.243 e. The van der Waals surface area contributed by atoms with E-state index < -0.39 is 0 Å². The summed E-state index contributed by atoms with van der Waals surface area (Å²) in [6.45, 7) is 3.29. The molecule has 1 aliphatic rings. The average Bonchev–Trinajstić information content (AvgIpc) is 2.50. The highest BCUT2D eigenvalue weighted by atomic mass is 19.1. The Labute approximate surface area is 129 Å². The predicted octanol–water partition coefficient (Wildman–Crippen LogP) is 1.75. The molecule has 1 aromatic rings. The van der Waals surface area contributed by atoms with Gasteiger partial charge in [0.25, 0.3) is 0 Å². The Morgan fingerprint density at radius 2 is 1.95 bits per heavy atom. The van der Waals surface area contributed by atoms with Gasteiger partial charge < -0.3 is 10.6 Å². The van der Waals surface area contributed by atoms with E-state index in [0.29, 0.717) is 18.3 Å². The monoisotopic (exact) mass is 307 g/mol. The third-order valence-electron chi connectivity index (χ3n) is 3.86. The maximum Gasteiger partial charge on any atom is 0.243 e. The lowest BCUT2D eigenvalue weighted by Crippen LogP contribution is -2.45. The minimum absolute atomic E-state index is 0.0849. The Morgan fingerprint density at radius 1 is 1.23 bits per heavy atom. The summed E-state index contributed by atoms with van der Waals surface area (Å²) < 4.78 is 12.8. The average molecular weight is 307 g/mol. The molecule has 2 amide bonds. The molecular weight excluding hydrogens is 285 g/mol. The van der Waals surface area contributed by atoms with E-state index in [1.54, 1.807) is 0 Å². The predicted molar refractivity (Wildman–Crippen MR) is 82.9 cm³/mol. The second-order valence-corrected chi connectivity index (χ2v) is 5.65. The minimum atomic E-state index is -0.359. The maximum atomic E-state index is 12.8. The number of halogens is 1. The van der Waals surface area contributed by atoms with Crippen LogP contribution in [0.25, 0.3) is 0 Å². The second kappa shape index (κ2) is 7.89. The summed E-state index contributed by atoms with van der Waals surface area (Å²) in [5.74, 6) is -0.836. The highest BCUT2D eigenvalue weighted by Gasteiger charge is 2.20. The molecule has 1 heterocycles. The summed E-state index contributed by atoms with van der Waals surface area (Å²) in [6, 6.07) is 5.90. The molecule has 1 aromatic carbocycles. The Kier molecular flexibility index (Phi) is 5.89. The molecule has 22 heavy (non-hydrogen) atoms. The first-order valence-corrected chi connectivity index (χ1v) is 7.61. The molecule has 0 saturated carbocycles. The normalized spacial score (nSPS) is 18.7. The van der Waals surface area contributed by atoms with Crippen molar-refractivity contribution in [3.63, 3.8) is 0 Å². The van der Waals surface area contributed by atoms with Gasteiger partial charge in [-0.05, 0) is 50.6 Å². The van der Waals surface area contributed by atoms with E-state index >= 15 is 0 Å². The van der Waals surface area contributed by atoms with Gasteiger partial charge in [-0.1, -0.05) is 6.42 Å². The standard InChI is InChI=1S/C16H22FN3O2/c1-12-4-2-3-9-20(12)11-16(22)18-10-15(21)19-14-7-5-13(17)6-8-14/h5-8,12H,2-4,9-11H2,1H3,(H,18,22)(H,19,21). The van der Waals surface area contributed by atoms with Gasteiger partial charge in [0.2, 0.25) is 11.8 Å². The number of rotatable bonds is 5. The zero-order valence-electron chi connectivity index (χ0n) is 12.8. The molecule has 2 rings (SSSR count). The maximum absolute atomic E-state index is 12.8. The number of likely N-dealkylation sites (tertiary alicyclic amines) is 1. The van der Waals surface area contributed by atoms with Gasteiger partial charge in [0, 0.05) is 11.7 Å². The van der Waals surface area contributed by atoms with Gasteiger partial charge >= 0.3 is 0 Å². The summed E-state index contributed by atoms with van der Waals surface area (Å²) in [4.78, 5) is 25.7. The van der Waals surface area contributed by atoms with Gasteiger partial charge in [-0.15, -0.1) is 0 Å². The first kappa shape index (κ1) is 16.4. The molecule has 0 bridgehead atoms. The summed E-state index contributed by atoms with van der Waals surface area (Å²) in [7, 11) is 0. The Balaban J connectivity index is 1.71. The van der Waals surface area contributed by atoms with E-state index in [-0.39, 0.29) is 24.2 Å². The number of nitrogens with one attached hydrogen (secondary N) is 2. The quantitative estimate of drug-likeness (QED) is 0.871. The van der Waals surface area contributed by atoms with Crippen molar-refractivity contribution in [3.8, 4) is 0 Å². The van der Waals surface area contributed by atoms with Crippen molar-refractivity contribution in [1.82, 2.24) is 10.2 Å². The van der Waals surface area contributed by atoms with E-state index in [1.807, 2.05) is 0 Å². The third kappa shape index (κ3) is 5.11. The van der Waals surface area contributed by atoms with Crippen molar-refractivity contribution < 1.29 is 14.0 Å². The molecule has 5 nitrogen and oxygen atoms in total. The minimum Gasteiger partial charge on any atom is -0.346 e. The third-order valence-corrected chi connectivity index (χ3v) is 3.86. The van der Waals surface area contributed by atoms with Crippen molar-refractivity contribution in [1.29, 1.82) is 0 Å². The summed E-state index contributed by atoms with van der Waals surface area (Å²) in [6.07, 6.45) is 3.43. The molecule has 120 valence electrons. The van der Waals surface area contributed by atoms with E-state index in [9.17, 15) is 14.0 Å². The molecule has 1 aliphatic heterocycles. The van der Waals surface area contributed by atoms with Crippen LogP contribution in [0.1, 0.15) is 26.2 Å². The van der Waals surface area contributed by atoms with Crippen LogP contribution in [-0.2, 0) is 9.59 Å². The number of carbonyl (C=O) groups excluding carboxylic acids is 2. The van der Waals surface area contributed by atoms with Gasteiger partial charge in [-0.2, -0.15) is 0 Å². The van der Waals surface area contributed by atoms with E-state index in [1.165, 1.54) is 30.7 Å². The van der Waals surface area contributed by atoms with Crippen LogP contribution in [0.5, 0.6) is 0 Å². The highest BCUT2D eigenvalue weighted by Crippen LogP contribution is 2.15. The highest BCUT2D eigenvalue weighted by molar-refractivity contribution is 5.94. The number of carbonyl (C=O) groups is 2. The number of benzene rings is 1. The summed E-state index contributed by atoms with van der Waals surface area (Å²) in [5.41, 5.74) is 0.505. The SMILES string of the molecule is CC1CCCCN1CC(=O)NCC(=O)Nc1ccc(F)cc1. The van der Waals surface area contributed by atoms with Crippen molar-refractivity contribution in [2.24, 2.45) is 0 Å². The molecule has 2 N–H and O–H groups in total. The van der Waals surface area contributed by atoms with Crippen molar-refractivity contribution in [2.45, 2.75) is 32.2 Å². The van der Waals surface area contributed by atoms with E-state index in [4.69, 9.17) is 0 Å². The number of anilines is 1. The topological polar surface area (TPSA) is 61.4 Å². The zero-order valence-corrected chi connectivity index (χ0v) is 12.8. The van der Waals surface area contributed by atoms with E-state index in [2.05, 4.69) is 22.5 Å². The fourth-order valence-electron chi connectivity index (χ4n) is 2.55. The van der Waals surface area contributed by atoms with Crippen LogP contribution in [0.3, 0.4) is 0 Å². The van der Waals surface area contributed by atoms with Crippen molar-refractivity contribution >= 4 is 17.5 Å². The van der Waals surface area contributed by atoms with Crippen molar-refractivity contribution in [2.75, 3.05) is 25.0 Å². The van der Waals surface area contributed by atoms with Gasteiger partial charge in [-0.3, -0.25) is 14.5 Å². The Bertz CT molecular complexity index is 519. The van der Waals surface area contributed by atoms with Crippen LogP contribution in [0.2, 0.25) is 0 Å². The fraction of sp³-hybridized carbons (Fsp3) is 0.500. The number of nitrogens with zero attached hydrogens (tertiary/aromatic N) is 1. The summed E-state index contributed by atoms with van der Waals surface area (Å²) in [5, 5.41) is 5.22. The molecule has 6 heteroatoms. The number of hydrogen-bond acceptors (Lipinski definition) is 3. The van der Waals surface area contributed by atoms with Crippen LogP contribution in [0.4, 0.5) is 10.1 Å². The fourth-order valence-corrected chi connectivity index (χ4v) is 2.55. The first-order valence-electron chi connectivity index (χ1n) is 7.61. The van der Waals surface area contributed by atoms with Gasteiger partial charge in [-0.25, -0.2) is 4.39 Å². The number of hydrogen-bond donors (Lipinski definition) is 2. The van der Waals surface area contributed by atoms with Crippen LogP contribution >= 0.6 is 0 Å². The largest absolute Gasteiger partial charge is 0.346 e. The van der Waals surface area contributed by atoms with E-state index in [0.717, 1.165) is 19.4 Å². The van der Waals surface area contributed by atoms with Crippen molar-refractivity contribution in [3.05, 3.63) is 30.1 Å². The second-order valence-electron chi connectivity index (χ2n) is 5.65. The zero-order chi connectivity index (χ0) is 15.9. The van der Waals surface area contributed by atoms with Crippen LogP contribution in [0.15, 0.2) is 24.3 Å². The molecule has 0 spiro atoms. The van der Waals surface area contributed by atoms with Crippen LogP contribution < -0.4 is 10.6 Å². The summed E-state index contributed by atoms with van der Waals surface area (Å²) >= 11 is 0. The molecule has 1 fully saturated rings. The number of amides is 2. The van der Waals surface area contributed by atoms with Gasteiger partial charge in [0.05, 0.1) is 13.1 Å². The number of piperidine rings is 1. The molecule has 1 saturated heterocycles.